The molecule has 3 rings (SSSR count). The molecule has 0 radical (unpaired) electrons. The van der Waals surface area contributed by atoms with Crippen LogP contribution in [0.15, 0.2) is 64.1 Å². The second-order valence-electron chi connectivity index (χ2n) is 5.65. The Bertz CT molecular complexity index is 651. The van der Waals surface area contributed by atoms with E-state index in [0.29, 0.717) is 12.5 Å². The van der Waals surface area contributed by atoms with Crippen molar-refractivity contribution in [2.75, 3.05) is 11.4 Å². The van der Waals surface area contributed by atoms with E-state index in [-0.39, 0.29) is 5.54 Å². The number of rotatable bonds is 3. The first kappa shape index (κ1) is 14.1. The van der Waals surface area contributed by atoms with Crippen molar-refractivity contribution in [1.82, 2.24) is 0 Å². The highest BCUT2D eigenvalue weighted by Crippen LogP contribution is 2.32. The molecule has 1 atom stereocenters. The van der Waals surface area contributed by atoms with E-state index in [4.69, 9.17) is 5.73 Å². The molecular weight excluding hydrogens is 326 g/mol. The van der Waals surface area contributed by atoms with E-state index in [1.165, 1.54) is 5.56 Å². The molecule has 0 aliphatic carbocycles. The predicted octanol–water partition coefficient (Wildman–Crippen LogP) is 3.59. The van der Waals surface area contributed by atoms with Gasteiger partial charge in [-0.25, -0.2) is 0 Å². The third-order valence-electron chi connectivity index (χ3n) is 3.86. The van der Waals surface area contributed by atoms with Crippen LogP contribution in [0.3, 0.4) is 0 Å². The highest BCUT2D eigenvalue weighted by molar-refractivity contribution is 9.10. The molecule has 0 saturated heterocycles. The number of hydrogen-bond acceptors (Lipinski definition) is 3. The van der Waals surface area contributed by atoms with Crippen molar-refractivity contribution in [3.8, 4) is 0 Å². The standard InChI is InChI=1S/C17H18BrN3/c1-17(11-13-5-3-2-4-6-13)12-20-16(19)21(17)15-9-7-14(18)8-10-15/h2-10H,11-12H2,1H3,(H2,19,20). The summed E-state index contributed by atoms with van der Waals surface area (Å²) >= 11 is 3.47. The Hall–Kier alpha value is -1.81. The minimum Gasteiger partial charge on any atom is -0.369 e. The van der Waals surface area contributed by atoms with Gasteiger partial charge in [0.05, 0.1) is 12.1 Å². The van der Waals surface area contributed by atoms with Gasteiger partial charge in [0.25, 0.3) is 0 Å². The van der Waals surface area contributed by atoms with E-state index in [9.17, 15) is 0 Å². The van der Waals surface area contributed by atoms with Crippen LogP contribution in [-0.4, -0.2) is 18.0 Å². The fraction of sp³-hybridized carbons (Fsp3) is 0.235. The topological polar surface area (TPSA) is 41.6 Å². The second-order valence-corrected chi connectivity index (χ2v) is 6.56. The number of hydrogen-bond donors (Lipinski definition) is 1. The van der Waals surface area contributed by atoms with Crippen LogP contribution in [0.1, 0.15) is 12.5 Å². The second kappa shape index (κ2) is 5.53. The number of halogens is 1. The normalized spacial score (nSPS) is 21.4. The minimum atomic E-state index is -0.126. The average molecular weight is 344 g/mol. The summed E-state index contributed by atoms with van der Waals surface area (Å²) in [5, 5.41) is 0. The maximum Gasteiger partial charge on any atom is 0.196 e. The summed E-state index contributed by atoms with van der Waals surface area (Å²) in [6, 6.07) is 18.7. The summed E-state index contributed by atoms with van der Waals surface area (Å²) in [5.41, 5.74) is 8.39. The molecule has 21 heavy (non-hydrogen) atoms. The van der Waals surface area contributed by atoms with Gasteiger partial charge in [0.15, 0.2) is 5.96 Å². The van der Waals surface area contributed by atoms with Gasteiger partial charge in [-0.1, -0.05) is 46.3 Å². The van der Waals surface area contributed by atoms with E-state index in [0.717, 1.165) is 16.6 Å². The molecule has 0 fully saturated rings. The fourth-order valence-electron chi connectivity index (χ4n) is 2.87. The lowest BCUT2D eigenvalue weighted by atomic mass is 9.91. The van der Waals surface area contributed by atoms with Crippen molar-refractivity contribution in [2.45, 2.75) is 18.9 Å². The van der Waals surface area contributed by atoms with Gasteiger partial charge in [0, 0.05) is 10.2 Å². The quantitative estimate of drug-likeness (QED) is 0.925. The Kier molecular flexibility index (Phi) is 3.72. The highest BCUT2D eigenvalue weighted by atomic mass is 79.9. The van der Waals surface area contributed by atoms with E-state index in [1.807, 2.05) is 18.2 Å². The van der Waals surface area contributed by atoms with Crippen molar-refractivity contribution in [3.63, 3.8) is 0 Å². The van der Waals surface area contributed by atoms with Gasteiger partial charge < -0.3 is 10.6 Å². The molecular formula is C17H18BrN3. The Labute approximate surface area is 133 Å². The summed E-state index contributed by atoms with van der Waals surface area (Å²) in [6.45, 7) is 2.93. The van der Waals surface area contributed by atoms with Crippen molar-refractivity contribution >= 4 is 27.6 Å². The fourth-order valence-corrected chi connectivity index (χ4v) is 3.14. The Morgan fingerprint density at radius 1 is 1.14 bits per heavy atom. The summed E-state index contributed by atoms with van der Waals surface area (Å²) in [6.07, 6.45) is 0.911. The van der Waals surface area contributed by atoms with Crippen molar-refractivity contribution in [2.24, 2.45) is 10.7 Å². The number of aliphatic imine (C=N–C) groups is 1. The molecule has 4 heteroatoms. The summed E-state index contributed by atoms with van der Waals surface area (Å²) < 4.78 is 1.06. The average Bonchev–Trinajstić information content (AvgIpc) is 2.77. The first-order valence-electron chi connectivity index (χ1n) is 6.98. The maximum atomic E-state index is 6.14. The van der Waals surface area contributed by atoms with E-state index in [2.05, 4.69) is 69.1 Å². The number of nitrogens with two attached hydrogens (primary N) is 1. The number of guanidine groups is 1. The molecule has 2 N–H and O–H groups in total. The number of benzene rings is 2. The number of anilines is 1. The van der Waals surface area contributed by atoms with Crippen LogP contribution in [0.25, 0.3) is 0 Å². The molecule has 1 heterocycles. The van der Waals surface area contributed by atoms with Gasteiger partial charge in [-0.2, -0.15) is 0 Å². The zero-order chi connectivity index (χ0) is 14.9. The first-order chi connectivity index (χ1) is 10.1. The van der Waals surface area contributed by atoms with Gasteiger partial charge >= 0.3 is 0 Å². The monoisotopic (exact) mass is 343 g/mol. The summed E-state index contributed by atoms with van der Waals surface area (Å²) in [5.74, 6) is 0.593. The zero-order valence-electron chi connectivity index (χ0n) is 12.0. The number of nitrogens with zero attached hydrogens (tertiary/aromatic N) is 2. The molecule has 0 bridgehead atoms. The van der Waals surface area contributed by atoms with E-state index in [1.54, 1.807) is 0 Å². The third-order valence-corrected chi connectivity index (χ3v) is 4.39. The van der Waals surface area contributed by atoms with Crippen LogP contribution in [-0.2, 0) is 6.42 Å². The van der Waals surface area contributed by atoms with Crippen LogP contribution >= 0.6 is 15.9 Å². The Balaban J connectivity index is 1.92. The maximum absolute atomic E-state index is 6.14. The molecule has 0 aromatic heterocycles. The van der Waals surface area contributed by atoms with Crippen LogP contribution in [0.5, 0.6) is 0 Å². The van der Waals surface area contributed by atoms with E-state index < -0.39 is 0 Å². The van der Waals surface area contributed by atoms with Crippen molar-refractivity contribution in [3.05, 3.63) is 64.6 Å². The third kappa shape index (κ3) is 2.81. The van der Waals surface area contributed by atoms with Crippen LogP contribution in [0.4, 0.5) is 5.69 Å². The largest absolute Gasteiger partial charge is 0.369 e. The highest BCUT2D eigenvalue weighted by Gasteiger charge is 2.38. The molecule has 0 amide bonds. The molecule has 0 saturated carbocycles. The molecule has 2 aromatic rings. The van der Waals surface area contributed by atoms with Crippen molar-refractivity contribution < 1.29 is 0 Å². The summed E-state index contributed by atoms with van der Waals surface area (Å²) in [7, 11) is 0. The van der Waals surface area contributed by atoms with Gasteiger partial charge in [0.2, 0.25) is 0 Å². The lowest BCUT2D eigenvalue weighted by molar-refractivity contribution is 0.499. The lowest BCUT2D eigenvalue weighted by Gasteiger charge is -2.36. The van der Waals surface area contributed by atoms with Crippen molar-refractivity contribution in [1.29, 1.82) is 0 Å². The zero-order valence-corrected chi connectivity index (χ0v) is 13.5. The smallest absolute Gasteiger partial charge is 0.196 e. The molecule has 1 aliphatic heterocycles. The Morgan fingerprint density at radius 2 is 1.81 bits per heavy atom. The van der Waals surface area contributed by atoms with E-state index >= 15 is 0 Å². The van der Waals surface area contributed by atoms with Crippen LogP contribution < -0.4 is 10.6 Å². The minimum absolute atomic E-state index is 0.126. The molecule has 1 aliphatic rings. The van der Waals surface area contributed by atoms with Crippen LogP contribution in [0.2, 0.25) is 0 Å². The molecule has 3 nitrogen and oxygen atoms in total. The summed E-state index contributed by atoms with van der Waals surface area (Å²) in [4.78, 5) is 6.62. The molecule has 2 aromatic carbocycles. The van der Waals surface area contributed by atoms with Gasteiger partial charge in [-0.05, 0) is 43.2 Å². The SMILES string of the molecule is CC1(Cc2ccccc2)CN=C(N)N1c1ccc(Br)cc1. The molecule has 108 valence electrons. The van der Waals surface area contributed by atoms with Gasteiger partial charge in [0.1, 0.15) is 0 Å². The molecule has 0 spiro atoms. The van der Waals surface area contributed by atoms with Crippen LogP contribution in [0, 0.1) is 0 Å². The first-order valence-corrected chi connectivity index (χ1v) is 7.77. The lowest BCUT2D eigenvalue weighted by Crippen LogP contribution is -2.51. The predicted molar refractivity (Wildman–Crippen MR) is 91.7 cm³/mol. The van der Waals surface area contributed by atoms with Gasteiger partial charge in [-0.15, -0.1) is 0 Å². The molecule has 1 unspecified atom stereocenters. The Morgan fingerprint density at radius 3 is 2.48 bits per heavy atom. The van der Waals surface area contributed by atoms with Gasteiger partial charge in [-0.3, -0.25) is 4.99 Å².